The smallest absolute Gasteiger partial charge is 0.341 e. The van der Waals surface area contributed by atoms with E-state index in [9.17, 15) is 4.79 Å². The van der Waals surface area contributed by atoms with Crippen LogP contribution in [0.4, 0.5) is 11.4 Å². The molecule has 0 spiro atoms. The van der Waals surface area contributed by atoms with Crippen molar-refractivity contribution in [2.45, 2.75) is 26.0 Å². The fourth-order valence-electron chi connectivity index (χ4n) is 4.75. The third-order valence-corrected chi connectivity index (χ3v) is 6.61. The van der Waals surface area contributed by atoms with Gasteiger partial charge in [0.05, 0.1) is 12.2 Å². The van der Waals surface area contributed by atoms with Crippen molar-refractivity contribution < 1.29 is 19.4 Å². The average molecular weight is 483 g/mol. The summed E-state index contributed by atoms with van der Waals surface area (Å²) in [7, 11) is 0. The molecular formula is C30H30N2O4. The highest BCUT2D eigenvalue weighted by molar-refractivity contribution is 5.86. The molecule has 0 saturated heterocycles. The fourth-order valence-corrected chi connectivity index (χ4v) is 4.75. The minimum atomic E-state index is -0.997. The number of para-hydroxylation sites is 2. The van der Waals surface area contributed by atoms with Gasteiger partial charge in [-0.25, -0.2) is 4.79 Å². The molecular weight excluding hydrogens is 452 g/mol. The average Bonchev–Trinajstić information content (AvgIpc) is 2.90. The zero-order valence-corrected chi connectivity index (χ0v) is 20.5. The topological polar surface area (TPSA) is 71.0 Å². The normalized spacial score (nSPS) is 15.7. The maximum Gasteiger partial charge on any atom is 0.341 e. The molecule has 0 fully saturated rings. The summed E-state index contributed by atoms with van der Waals surface area (Å²) in [5, 5.41) is 15.2. The molecule has 1 unspecified atom stereocenters. The van der Waals surface area contributed by atoms with Gasteiger partial charge in [-0.15, -0.1) is 0 Å². The lowest BCUT2D eigenvalue weighted by Crippen LogP contribution is -2.44. The van der Waals surface area contributed by atoms with Gasteiger partial charge >= 0.3 is 5.97 Å². The van der Waals surface area contributed by atoms with Gasteiger partial charge in [-0.2, -0.15) is 0 Å². The first-order valence-corrected chi connectivity index (χ1v) is 12.2. The minimum absolute atomic E-state index is 0.0815. The number of hydrogen-bond donors (Lipinski definition) is 2. The molecule has 0 bridgehead atoms. The van der Waals surface area contributed by atoms with Crippen LogP contribution in [0, 0.1) is 6.92 Å². The van der Waals surface area contributed by atoms with Gasteiger partial charge in [0.15, 0.2) is 6.61 Å². The maximum absolute atomic E-state index is 11.0. The molecule has 36 heavy (non-hydrogen) atoms. The second kappa shape index (κ2) is 10.3. The molecule has 6 nitrogen and oxygen atoms in total. The number of nitrogens with zero attached hydrogens (tertiary/aromatic N) is 1. The number of ether oxygens (including phenoxy) is 2. The second-order valence-electron chi connectivity index (χ2n) is 9.15. The van der Waals surface area contributed by atoms with Gasteiger partial charge in [-0.1, -0.05) is 60.7 Å². The summed E-state index contributed by atoms with van der Waals surface area (Å²) < 4.78 is 11.9. The van der Waals surface area contributed by atoms with E-state index < -0.39 is 5.97 Å². The number of hydrogen-bond acceptors (Lipinski definition) is 5. The van der Waals surface area contributed by atoms with Crippen molar-refractivity contribution in [2.24, 2.45) is 0 Å². The fraction of sp³-hybridized carbons (Fsp3) is 0.233. The van der Waals surface area contributed by atoms with Crippen LogP contribution in [0.2, 0.25) is 0 Å². The Morgan fingerprint density at radius 3 is 2.72 bits per heavy atom. The molecule has 2 atom stereocenters. The summed E-state index contributed by atoms with van der Waals surface area (Å²) in [6, 6.07) is 28.9. The molecule has 4 aromatic carbocycles. The Labute approximate surface area is 211 Å². The maximum atomic E-state index is 11.0. The summed E-state index contributed by atoms with van der Waals surface area (Å²) in [6.45, 7) is 5.04. The van der Waals surface area contributed by atoms with E-state index in [0.717, 1.165) is 22.7 Å². The van der Waals surface area contributed by atoms with Gasteiger partial charge in [0.25, 0.3) is 0 Å². The Bertz CT molecular complexity index is 1380. The zero-order chi connectivity index (χ0) is 25.1. The molecule has 1 aliphatic rings. The van der Waals surface area contributed by atoms with Crippen LogP contribution in [0.3, 0.4) is 0 Å². The van der Waals surface area contributed by atoms with E-state index in [1.54, 1.807) is 0 Å². The summed E-state index contributed by atoms with van der Waals surface area (Å²) in [6.07, 6.45) is -0.0815. The number of fused-ring (bicyclic) bond motifs is 2. The summed E-state index contributed by atoms with van der Waals surface area (Å²) in [4.78, 5) is 13.2. The summed E-state index contributed by atoms with van der Waals surface area (Å²) in [5.41, 5.74) is 4.07. The molecule has 2 N–H and O–H groups in total. The van der Waals surface area contributed by atoms with E-state index in [2.05, 4.69) is 59.6 Å². The Hall–Kier alpha value is -4.03. The first-order chi connectivity index (χ1) is 17.5. The third-order valence-electron chi connectivity index (χ3n) is 6.61. The van der Waals surface area contributed by atoms with Crippen LogP contribution in [0.5, 0.6) is 11.5 Å². The van der Waals surface area contributed by atoms with Crippen molar-refractivity contribution in [1.82, 2.24) is 5.32 Å². The van der Waals surface area contributed by atoms with Crippen LogP contribution in [-0.4, -0.2) is 36.9 Å². The standard InChI is InChI=1S/C30H30N2O4/c1-20-14-15-23(16-29(20)35-19-30(33)34)32-18-24(36-28-13-6-5-12-27(28)32)17-31-21(2)25-11-7-9-22-8-3-4-10-26(22)25/h3-16,21,24,31H,17-19H2,1-2H3,(H,33,34)/t21-,24?/m1/s1. The molecule has 0 aliphatic carbocycles. The molecule has 184 valence electrons. The highest BCUT2D eigenvalue weighted by Gasteiger charge is 2.27. The Morgan fingerprint density at radius 1 is 1.08 bits per heavy atom. The van der Waals surface area contributed by atoms with Crippen molar-refractivity contribution in [1.29, 1.82) is 0 Å². The van der Waals surface area contributed by atoms with Crippen LogP contribution < -0.4 is 19.7 Å². The molecule has 0 amide bonds. The molecule has 6 heteroatoms. The Balaban J connectivity index is 1.36. The Kier molecular flexibility index (Phi) is 6.78. The zero-order valence-electron chi connectivity index (χ0n) is 20.5. The predicted molar refractivity (Wildman–Crippen MR) is 143 cm³/mol. The quantitative estimate of drug-likeness (QED) is 0.328. The Morgan fingerprint density at radius 2 is 1.86 bits per heavy atom. The lowest BCUT2D eigenvalue weighted by molar-refractivity contribution is -0.139. The van der Waals surface area contributed by atoms with Crippen LogP contribution in [0.15, 0.2) is 84.9 Å². The SMILES string of the molecule is Cc1ccc(N2CC(CN[C@H](C)c3cccc4ccccc34)Oc3ccccc32)cc1OCC(=O)O. The van der Waals surface area contributed by atoms with Crippen LogP contribution >= 0.6 is 0 Å². The molecule has 0 saturated carbocycles. The van der Waals surface area contributed by atoms with E-state index in [0.29, 0.717) is 18.8 Å². The van der Waals surface area contributed by atoms with Crippen molar-refractivity contribution in [3.63, 3.8) is 0 Å². The number of benzene rings is 4. The van der Waals surface area contributed by atoms with Gasteiger partial charge < -0.3 is 24.8 Å². The predicted octanol–water partition coefficient (Wildman–Crippen LogP) is 5.86. The first-order valence-electron chi connectivity index (χ1n) is 12.2. The number of nitrogens with one attached hydrogen (secondary N) is 1. The van der Waals surface area contributed by atoms with Gasteiger partial charge in [0, 0.05) is 24.3 Å². The van der Waals surface area contributed by atoms with E-state index in [-0.39, 0.29) is 18.8 Å². The highest BCUT2D eigenvalue weighted by Crippen LogP contribution is 2.39. The molecule has 0 radical (unpaired) electrons. The van der Waals surface area contributed by atoms with E-state index in [1.807, 2.05) is 49.4 Å². The molecule has 5 rings (SSSR count). The number of aryl methyl sites for hydroxylation is 1. The van der Waals surface area contributed by atoms with Crippen molar-refractivity contribution in [3.8, 4) is 11.5 Å². The third kappa shape index (κ3) is 4.99. The monoisotopic (exact) mass is 482 g/mol. The molecule has 0 aromatic heterocycles. The molecule has 1 heterocycles. The van der Waals surface area contributed by atoms with Gasteiger partial charge in [-0.05, 0) is 53.9 Å². The van der Waals surface area contributed by atoms with Crippen LogP contribution in [-0.2, 0) is 4.79 Å². The minimum Gasteiger partial charge on any atom is -0.485 e. The largest absolute Gasteiger partial charge is 0.485 e. The molecule has 4 aromatic rings. The van der Waals surface area contributed by atoms with Crippen molar-refractivity contribution >= 4 is 28.1 Å². The lowest BCUT2D eigenvalue weighted by atomic mass is 9.99. The second-order valence-corrected chi connectivity index (χ2v) is 9.15. The van der Waals surface area contributed by atoms with E-state index >= 15 is 0 Å². The number of carboxylic acid groups (broad SMARTS) is 1. The number of carboxylic acids is 1. The lowest BCUT2D eigenvalue weighted by Gasteiger charge is -2.37. The highest BCUT2D eigenvalue weighted by atomic mass is 16.5. The van der Waals surface area contributed by atoms with Gasteiger partial charge in [-0.3, -0.25) is 0 Å². The van der Waals surface area contributed by atoms with Crippen molar-refractivity contribution in [3.05, 3.63) is 96.1 Å². The number of carbonyl (C=O) groups is 1. The van der Waals surface area contributed by atoms with Gasteiger partial charge in [0.1, 0.15) is 17.6 Å². The molecule has 1 aliphatic heterocycles. The van der Waals surface area contributed by atoms with Gasteiger partial charge in [0.2, 0.25) is 0 Å². The van der Waals surface area contributed by atoms with Crippen LogP contribution in [0.1, 0.15) is 24.1 Å². The van der Waals surface area contributed by atoms with E-state index in [4.69, 9.17) is 14.6 Å². The number of aliphatic carboxylic acids is 1. The first kappa shape index (κ1) is 23.7. The number of anilines is 2. The summed E-state index contributed by atoms with van der Waals surface area (Å²) >= 11 is 0. The van der Waals surface area contributed by atoms with Crippen molar-refractivity contribution in [2.75, 3.05) is 24.6 Å². The van der Waals surface area contributed by atoms with Crippen LogP contribution in [0.25, 0.3) is 10.8 Å². The number of rotatable bonds is 8. The summed E-state index contributed by atoms with van der Waals surface area (Å²) in [5.74, 6) is 0.392. The van der Waals surface area contributed by atoms with E-state index in [1.165, 1.54) is 16.3 Å².